The van der Waals surface area contributed by atoms with E-state index in [1.807, 2.05) is 13.0 Å². The van der Waals surface area contributed by atoms with Gasteiger partial charge in [0.2, 0.25) is 0 Å². The minimum Gasteiger partial charge on any atom is -0.497 e. The Morgan fingerprint density at radius 1 is 1.23 bits per heavy atom. The second-order valence-electron chi connectivity index (χ2n) is 4.68. The van der Waals surface area contributed by atoms with E-state index in [2.05, 4.69) is 5.32 Å². The normalized spacial score (nSPS) is 10.1. The van der Waals surface area contributed by atoms with Crippen molar-refractivity contribution < 1.29 is 14.3 Å². The van der Waals surface area contributed by atoms with Crippen molar-refractivity contribution in [3.05, 3.63) is 53.1 Å². The average Bonchev–Trinajstić information content (AvgIpc) is 2.53. The van der Waals surface area contributed by atoms with Crippen LogP contribution in [0.5, 0.6) is 11.5 Å². The van der Waals surface area contributed by atoms with Gasteiger partial charge in [-0.2, -0.15) is 0 Å². The van der Waals surface area contributed by atoms with Crippen LogP contribution in [-0.4, -0.2) is 19.6 Å². The maximum Gasteiger partial charge on any atom is 0.259 e. The molecule has 0 atom stereocenters. The number of halogens is 1. The molecule has 2 aromatic rings. The lowest BCUT2D eigenvalue weighted by molar-refractivity contribution is 0.102. The molecule has 0 bridgehead atoms. The molecule has 0 saturated carbocycles. The molecule has 1 amide bonds. The molecule has 2 rings (SSSR count). The molecule has 2 aromatic carbocycles. The Labute approximate surface area is 135 Å². The summed E-state index contributed by atoms with van der Waals surface area (Å²) in [5.74, 6) is 0.917. The monoisotopic (exact) mass is 319 g/mol. The molecule has 0 aliphatic rings. The summed E-state index contributed by atoms with van der Waals surface area (Å²) in [6.45, 7) is 2.55. The first-order chi connectivity index (χ1) is 10.6. The van der Waals surface area contributed by atoms with Crippen LogP contribution < -0.4 is 14.8 Å². The Morgan fingerprint density at radius 3 is 2.77 bits per heavy atom. The lowest BCUT2D eigenvalue weighted by Gasteiger charge is -2.12. The standard InChI is InChI=1S/C17H18ClNO3/c1-3-9-22-16-8-7-12(18)10-15(16)17(20)19-13-5-4-6-14(11-13)21-2/h4-8,10-11H,3,9H2,1-2H3,(H,19,20). The number of rotatable bonds is 6. The van der Waals surface area contributed by atoms with Crippen molar-refractivity contribution in [2.24, 2.45) is 0 Å². The lowest BCUT2D eigenvalue weighted by Crippen LogP contribution is -2.14. The van der Waals surface area contributed by atoms with Crippen molar-refractivity contribution in [1.82, 2.24) is 0 Å². The predicted octanol–water partition coefficient (Wildman–Crippen LogP) is 4.39. The predicted molar refractivity (Wildman–Crippen MR) is 88.2 cm³/mol. The average molecular weight is 320 g/mol. The number of amides is 1. The van der Waals surface area contributed by atoms with E-state index in [4.69, 9.17) is 21.1 Å². The zero-order valence-electron chi connectivity index (χ0n) is 12.6. The molecule has 0 heterocycles. The number of ether oxygens (including phenoxy) is 2. The highest BCUT2D eigenvalue weighted by atomic mass is 35.5. The van der Waals surface area contributed by atoms with E-state index in [-0.39, 0.29) is 5.91 Å². The molecule has 0 unspecified atom stereocenters. The molecule has 0 radical (unpaired) electrons. The van der Waals surface area contributed by atoms with Crippen LogP contribution in [0.3, 0.4) is 0 Å². The minimum atomic E-state index is -0.276. The Morgan fingerprint density at radius 2 is 2.05 bits per heavy atom. The van der Waals surface area contributed by atoms with E-state index in [1.165, 1.54) is 0 Å². The zero-order valence-corrected chi connectivity index (χ0v) is 13.3. The molecule has 0 aromatic heterocycles. The molecule has 1 N–H and O–H groups in total. The number of carbonyl (C=O) groups excluding carboxylic acids is 1. The van der Waals surface area contributed by atoms with Gasteiger partial charge in [-0.3, -0.25) is 4.79 Å². The summed E-state index contributed by atoms with van der Waals surface area (Å²) < 4.78 is 10.7. The van der Waals surface area contributed by atoms with Crippen LogP contribution in [0.15, 0.2) is 42.5 Å². The minimum absolute atomic E-state index is 0.276. The SMILES string of the molecule is CCCOc1ccc(Cl)cc1C(=O)Nc1cccc(OC)c1. The Hall–Kier alpha value is -2.20. The summed E-state index contributed by atoms with van der Waals surface area (Å²) in [4.78, 5) is 12.5. The Kier molecular flexibility index (Phi) is 5.67. The maximum atomic E-state index is 12.5. The van der Waals surface area contributed by atoms with E-state index in [1.54, 1.807) is 43.5 Å². The molecular weight excluding hydrogens is 302 g/mol. The fourth-order valence-electron chi connectivity index (χ4n) is 1.92. The van der Waals surface area contributed by atoms with Gasteiger partial charge in [0, 0.05) is 16.8 Å². The quantitative estimate of drug-likeness (QED) is 0.859. The zero-order chi connectivity index (χ0) is 15.9. The van der Waals surface area contributed by atoms with Gasteiger partial charge in [-0.25, -0.2) is 0 Å². The van der Waals surface area contributed by atoms with Crippen molar-refractivity contribution in [3.63, 3.8) is 0 Å². The highest BCUT2D eigenvalue weighted by Crippen LogP contribution is 2.25. The first kappa shape index (κ1) is 16.2. The van der Waals surface area contributed by atoms with Gasteiger partial charge < -0.3 is 14.8 Å². The lowest BCUT2D eigenvalue weighted by atomic mass is 10.1. The highest BCUT2D eigenvalue weighted by molar-refractivity contribution is 6.31. The largest absolute Gasteiger partial charge is 0.497 e. The van der Waals surface area contributed by atoms with Crippen LogP contribution in [-0.2, 0) is 0 Å². The number of hydrogen-bond acceptors (Lipinski definition) is 3. The number of benzene rings is 2. The van der Waals surface area contributed by atoms with E-state index < -0.39 is 0 Å². The van der Waals surface area contributed by atoms with Crippen molar-refractivity contribution in [1.29, 1.82) is 0 Å². The molecular formula is C17H18ClNO3. The van der Waals surface area contributed by atoms with E-state index in [9.17, 15) is 4.79 Å². The molecule has 0 saturated heterocycles. The van der Waals surface area contributed by atoms with E-state index in [0.29, 0.717) is 34.4 Å². The van der Waals surface area contributed by atoms with Crippen LogP contribution in [0.4, 0.5) is 5.69 Å². The van der Waals surface area contributed by atoms with Crippen molar-refractivity contribution >= 4 is 23.2 Å². The van der Waals surface area contributed by atoms with Gasteiger partial charge in [-0.1, -0.05) is 24.6 Å². The summed E-state index contributed by atoms with van der Waals surface area (Å²) in [5, 5.41) is 3.31. The number of anilines is 1. The van der Waals surface area contributed by atoms with Gasteiger partial charge in [-0.05, 0) is 36.8 Å². The number of carbonyl (C=O) groups is 1. The van der Waals surface area contributed by atoms with Gasteiger partial charge in [0.05, 0.1) is 19.3 Å². The number of methoxy groups -OCH3 is 1. The maximum absolute atomic E-state index is 12.5. The number of nitrogens with one attached hydrogen (secondary N) is 1. The molecule has 0 aliphatic heterocycles. The molecule has 5 heteroatoms. The summed E-state index contributed by atoms with van der Waals surface area (Å²) >= 11 is 5.99. The summed E-state index contributed by atoms with van der Waals surface area (Å²) in [6, 6.07) is 12.2. The highest BCUT2D eigenvalue weighted by Gasteiger charge is 2.14. The summed E-state index contributed by atoms with van der Waals surface area (Å²) in [7, 11) is 1.58. The van der Waals surface area contributed by atoms with Crippen LogP contribution in [0, 0.1) is 0 Å². The second kappa shape index (κ2) is 7.71. The first-order valence-corrected chi connectivity index (χ1v) is 7.39. The van der Waals surface area contributed by atoms with Crippen LogP contribution in [0.1, 0.15) is 23.7 Å². The third-order valence-corrected chi connectivity index (χ3v) is 3.21. The van der Waals surface area contributed by atoms with Gasteiger partial charge >= 0.3 is 0 Å². The molecule has 116 valence electrons. The molecule has 4 nitrogen and oxygen atoms in total. The molecule has 0 aliphatic carbocycles. The van der Waals surface area contributed by atoms with Crippen LogP contribution in [0.25, 0.3) is 0 Å². The smallest absolute Gasteiger partial charge is 0.259 e. The Bertz CT molecular complexity index is 658. The second-order valence-corrected chi connectivity index (χ2v) is 5.11. The third kappa shape index (κ3) is 4.15. The van der Waals surface area contributed by atoms with Crippen molar-refractivity contribution in [3.8, 4) is 11.5 Å². The van der Waals surface area contributed by atoms with Gasteiger partial charge in [0.1, 0.15) is 11.5 Å². The van der Waals surface area contributed by atoms with Gasteiger partial charge in [0.15, 0.2) is 0 Å². The fourth-order valence-corrected chi connectivity index (χ4v) is 2.09. The van der Waals surface area contributed by atoms with Gasteiger partial charge in [-0.15, -0.1) is 0 Å². The first-order valence-electron chi connectivity index (χ1n) is 7.01. The van der Waals surface area contributed by atoms with Gasteiger partial charge in [0.25, 0.3) is 5.91 Å². The van der Waals surface area contributed by atoms with Crippen molar-refractivity contribution in [2.45, 2.75) is 13.3 Å². The summed E-state index contributed by atoms with van der Waals surface area (Å²) in [5.41, 5.74) is 1.05. The fraction of sp³-hybridized carbons (Fsp3) is 0.235. The molecule has 0 fully saturated rings. The van der Waals surface area contributed by atoms with E-state index in [0.717, 1.165) is 6.42 Å². The van der Waals surface area contributed by atoms with E-state index >= 15 is 0 Å². The van der Waals surface area contributed by atoms with Crippen molar-refractivity contribution in [2.75, 3.05) is 19.0 Å². The van der Waals surface area contributed by atoms with Crippen LogP contribution in [0.2, 0.25) is 5.02 Å². The van der Waals surface area contributed by atoms with Crippen LogP contribution >= 0.6 is 11.6 Å². The number of hydrogen-bond donors (Lipinski definition) is 1. The molecule has 0 spiro atoms. The summed E-state index contributed by atoms with van der Waals surface area (Å²) in [6.07, 6.45) is 0.861. The topological polar surface area (TPSA) is 47.6 Å². The molecule has 22 heavy (non-hydrogen) atoms. The third-order valence-electron chi connectivity index (χ3n) is 2.98. The Balaban J connectivity index is 2.22.